The minimum atomic E-state index is -4.44. The van der Waals surface area contributed by atoms with Crippen LogP contribution >= 0.6 is 0 Å². The van der Waals surface area contributed by atoms with Crippen LogP contribution in [0.2, 0.25) is 0 Å². The smallest absolute Gasteiger partial charge is 0.416 e. The molecular formula is C18H13F3N2O2. The molecule has 0 saturated heterocycles. The van der Waals surface area contributed by atoms with E-state index in [2.05, 4.69) is 5.32 Å². The van der Waals surface area contributed by atoms with Crippen LogP contribution in [0.3, 0.4) is 0 Å². The molecule has 2 aromatic rings. The fourth-order valence-electron chi connectivity index (χ4n) is 1.96. The highest BCUT2D eigenvalue weighted by atomic mass is 19.4. The zero-order valence-electron chi connectivity index (χ0n) is 13.1. The van der Waals surface area contributed by atoms with Gasteiger partial charge in [0.1, 0.15) is 17.4 Å². The number of carbonyl (C=O) groups excluding carboxylic acids is 1. The Bertz CT molecular complexity index is 817. The fourth-order valence-corrected chi connectivity index (χ4v) is 1.96. The molecule has 4 nitrogen and oxygen atoms in total. The van der Waals surface area contributed by atoms with Gasteiger partial charge in [-0.25, -0.2) is 0 Å². The topological polar surface area (TPSA) is 62.1 Å². The van der Waals surface area contributed by atoms with Crippen molar-refractivity contribution in [2.45, 2.75) is 6.18 Å². The van der Waals surface area contributed by atoms with Crippen LogP contribution in [0.5, 0.6) is 5.75 Å². The molecule has 0 saturated carbocycles. The van der Waals surface area contributed by atoms with E-state index in [1.165, 1.54) is 25.3 Å². The maximum absolute atomic E-state index is 12.5. The van der Waals surface area contributed by atoms with Gasteiger partial charge < -0.3 is 10.1 Å². The number of nitriles is 1. The van der Waals surface area contributed by atoms with E-state index in [1.54, 1.807) is 30.3 Å². The molecule has 7 heteroatoms. The van der Waals surface area contributed by atoms with Gasteiger partial charge in [-0.3, -0.25) is 4.79 Å². The Kier molecular flexibility index (Phi) is 5.45. The first-order chi connectivity index (χ1) is 11.8. The Morgan fingerprint density at radius 3 is 2.20 bits per heavy atom. The van der Waals surface area contributed by atoms with E-state index in [0.29, 0.717) is 17.0 Å². The van der Waals surface area contributed by atoms with Crippen LogP contribution in [-0.2, 0) is 11.0 Å². The third-order valence-corrected chi connectivity index (χ3v) is 3.26. The van der Waals surface area contributed by atoms with Gasteiger partial charge in [0.15, 0.2) is 0 Å². The number of hydrogen-bond donors (Lipinski definition) is 1. The van der Waals surface area contributed by atoms with Crippen LogP contribution in [0.1, 0.15) is 11.1 Å². The molecule has 25 heavy (non-hydrogen) atoms. The van der Waals surface area contributed by atoms with E-state index in [0.717, 1.165) is 12.1 Å². The number of rotatable bonds is 4. The summed E-state index contributed by atoms with van der Waals surface area (Å²) >= 11 is 0. The van der Waals surface area contributed by atoms with Gasteiger partial charge in [-0.05, 0) is 48.0 Å². The third kappa shape index (κ3) is 4.85. The van der Waals surface area contributed by atoms with Crippen LogP contribution in [0.4, 0.5) is 18.9 Å². The van der Waals surface area contributed by atoms with E-state index in [-0.39, 0.29) is 5.57 Å². The Hall–Kier alpha value is -3.27. The van der Waals surface area contributed by atoms with Gasteiger partial charge in [0, 0.05) is 5.69 Å². The molecule has 0 spiro atoms. The van der Waals surface area contributed by atoms with Crippen molar-refractivity contribution in [3.05, 3.63) is 65.2 Å². The number of anilines is 1. The SMILES string of the molecule is COc1ccc(NC(=O)/C(C#N)=C/c2ccc(C(F)(F)F)cc2)cc1. The zero-order chi connectivity index (χ0) is 18.4. The average molecular weight is 346 g/mol. The second-order valence-corrected chi connectivity index (χ2v) is 4.97. The summed E-state index contributed by atoms with van der Waals surface area (Å²) in [5, 5.41) is 11.7. The van der Waals surface area contributed by atoms with Gasteiger partial charge in [-0.1, -0.05) is 12.1 Å². The number of amides is 1. The lowest BCUT2D eigenvalue weighted by atomic mass is 10.1. The molecule has 1 N–H and O–H groups in total. The number of halogens is 3. The normalized spacial score (nSPS) is 11.6. The number of alkyl halides is 3. The van der Waals surface area contributed by atoms with Crippen LogP contribution in [0.25, 0.3) is 6.08 Å². The molecule has 128 valence electrons. The third-order valence-electron chi connectivity index (χ3n) is 3.26. The van der Waals surface area contributed by atoms with E-state index in [9.17, 15) is 18.0 Å². The summed E-state index contributed by atoms with van der Waals surface area (Å²) in [5.74, 6) is -0.0497. The van der Waals surface area contributed by atoms with Crippen molar-refractivity contribution in [1.29, 1.82) is 5.26 Å². The highest BCUT2D eigenvalue weighted by Gasteiger charge is 2.29. The van der Waals surface area contributed by atoms with Crippen molar-refractivity contribution in [1.82, 2.24) is 0 Å². The molecule has 0 aliphatic rings. The second-order valence-electron chi connectivity index (χ2n) is 4.97. The first kappa shape index (κ1) is 18.1. The Balaban J connectivity index is 2.15. The van der Waals surface area contributed by atoms with Crippen LogP contribution in [-0.4, -0.2) is 13.0 Å². The number of ether oxygens (including phenoxy) is 1. The number of nitrogens with one attached hydrogen (secondary N) is 1. The Labute approximate surface area is 142 Å². The molecule has 0 fully saturated rings. The highest BCUT2D eigenvalue weighted by molar-refractivity contribution is 6.09. The van der Waals surface area contributed by atoms with Gasteiger partial charge in [-0.15, -0.1) is 0 Å². The van der Waals surface area contributed by atoms with Gasteiger partial charge in [-0.2, -0.15) is 18.4 Å². The molecule has 2 aromatic carbocycles. The molecule has 0 radical (unpaired) electrons. The number of methoxy groups -OCH3 is 1. The lowest BCUT2D eigenvalue weighted by Gasteiger charge is -2.07. The number of hydrogen-bond acceptors (Lipinski definition) is 3. The minimum absolute atomic E-state index is 0.226. The van der Waals surface area contributed by atoms with Crippen molar-refractivity contribution in [3.63, 3.8) is 0 Å². The predicted molar refractivity (Wildman–Crippen MR) is 86.7 cm³/mol. The van der Waals surface area contributed by atoms with Crippen LogP contribution in [0, 0.1) is 11.3 Å². The van der Waals surface area contributed by atoms with Crippen LogP contribution < -0.4 is 10.1 Å². The Morgan fingerprint density at radius 2 is 1.72 bits per heavy atom. The summed E-state index contributed by atoms with van der Waals surface area (Å²) in [7, 11) is 1.51. The van der Waals surface area contributed by atoms with Gasteiger partial charge >= 0.3 is 6.18 Å². The molecule has 0 aliphatic heterocycles. The molecule has 2 rings (SSSR count). The summed E-state index contributed by atoms with van der Waals surface area (Å²) in [6.45, 7) is 0. The average Bonchev–Trinajstić information content (AvgIpc) is 2.60. The molecule has 0 aliphatic carbocycles. The number of carbonyl (C=O) groups is 1. The molecule has 0 aromatic heterocycles. The highest BCUT2D eigenvalue weighted by Crippen LogP contribution is 2.29. The fraction of sp³-hybridized carbons (Fsp3) is 0.111. The zero-order valence-corrected chi connectivity index (χ0v) is 13.1. The predicted octanol–water partition coefficient (Wildman–Crippen LogP) is 4.26. The maximum Gasteiger partial charge on any atom is 0.416 e. The summed E-state index contributed by atoms with van der Waals surface area (Å²) in [4.78, 5) is 12.1. The van der Waals surface area contributed by atoms with Gasteiger partial charge in [0.25, 0.3) is 5.91 Å². The molecule has 0 unspecified atom stereocenters. The second kappa shape index (κ2) is 7.53. The van der Waals surface area contributed by atoms with Crippen molar-refractivity contribution < 1.29 is 22.7 Å². The number of benzene rings is 2. The van der Waals surface area contributed by atoms with Crippen LogP contribution in [0.15, 0.2) is 54.1 Å². The summed E-state index contributed by atoms with van der Waals surface area (Å²) in [6, 6.07) is 12.4. The van der Waals surface area contributed by atoms with Crippen molar-refractivity contribution in [2.75, 3.05) is 12.4 Å². The lowest BCUT2D eigenvalue weighted by molar-refractivity contribution is -0.137. The first-order valence-electron chi connectivity index (χ1n) is 7.08. The summed E-state index contributed by atoms with van der Waals surface area (Å²) in [6.07, 6.45) is -3.22. The standard InChI is InChI=1S/C18H13F3N2O2/c1-25-16-8-6-15(7-9-16)23-17(24)13(11-22)10-12-2-4-14(5-3-12)18(19,20)21/h2-10H,1H3,(H,23,24)/b13-10+. The van der Waals surface area contributed by atoms with Gasteiger partial charge in [0.05, 0.1) is 12.7 Å². The van der Waals surface area contributed by atoms with Crippen molar-refractivity contribution >= 4 is 17.7 Å². The largest absolute Gasteiger partial charge is 0.497 e. The van der Waals surface area contributed by atoms with Crippen molar-refractivity contribution in [3.8, 4) is 11.8 Å². The quantitative estimate of drug-likeness (QED) is 0.665. The van der Waals surface area contributed by atoms with Gasteiger partial charge in [0.2, 0.25) is 0 Å². The van der Waals surface area contributed by atoms with E-state index in [4.69, 9.17) is 10.00 Å². The Morgan fingerprint density at radius 1 is 1.12 bits per heavy atom. The summed E-state index contributed by atoms with van der Waals surface area (Å²) in [5.41, 5.74) is -0.254. The maximum atomic E-state index is 12.5. The van der Waals surface area contributed by atoms with E-state index < -0.39 is 17.6 Å². The monoisotopic (exact) mass is 346 g/mol. The summed E-state index contributed by atoms with van der Waals surface area (Å²) < 4.78 is 42.6. The molecule has 0 atom stereocenters. The van der Waals surface area contributed by atoms with E-state index >= 15 is 0 Å². The number of nitrogens with zero attached hydrogens (tertiary/aromatic N) is 1. The molecule has 0 bridgehead atoms. The molecule has 0 heterocycles. The lowest BCUT2D eigenvalue weighted by Crippen LogP contribution is -2.13. The van der Waals surface area contributed by atoms with Crippen molar-refractivity contribution in [2.24, 2.45) is 0 Å². The van der Waals surface area contributed by atoms with E-state index in [1.807, 2.05) is 0 Å². The minimum Gasteiger partial charge on any atom is -0.497 e. The molecule has 1 amide bonds. The first-order valence-corrected chi connectivity index (χ1v) is 7.08. The molecular weight excluding hydrogens is 333 g/mol.